The number of rotatable bonds is 4. The topological polar surface area (TPSA) is 55.6 Å². The molecule has 1 saturated heterocycles. The zero-order chi connectivity index (χ0) is 16.2. The van der Waals surface area contributed by atoms with E-state index >= 15 is 0 Å². The first-order valence-corrected chi connectivity index (χ1v) is 8.02. The molecule has 1 aliphatic heterocycles. The molecular weight excluding hydrogens is 312 g/mol. The van der Waals surface area contributed by atoms with Gasteiger partial charge in [-0.2, -0.15) is 0 Å². The van der Waals surface area contributed by atoms with Gasteiger partial charge in [0.05, 0.1) is 0 Å². The Morgan fingerprint density at radius 2 is 2.09 bits per heavy atom. The molecule has 2 aromatic rings. The van der Waals surface area contributed by atoms with Crippen molar-refractivity contribution in [3.05, 3.63) is 64.7 Å². The summed E-state index contributed by atoms with van der Waals surface area (Å²) in [4.78, 5) is 14.3. The number of carbonyl (C=O) groups is 1. The number of benzene rings is 2. The molecule has 23 heavy (non-hydrogen) atoms. The molecule has 2 N–H and O–H groups in total. The second kappa shape index (κ2) is 7.02. The second-order valence-corrected chi connectivity index (χ2v) is 6.18. The minimum atomic E-state index is 0.00570. The maximum Gasteiger partial charge on any atom is 0.254 e. The van der Waals surface area contributed by atoms with Gasteiger partial charge in [0.1, 0.15) is 12.4 Å². The molecule has 0 spiro atoms. The lowest BCUT2D eigenvalue weighted by Gasteiger charge is -2.16. The van der Waals surface area contributed by atoms with Crippen molar-refractivity contribution >= 4 is 17.5 Å². The predicted molar refractivity (Wildman–Crippen MR) is 90.7 cm³/mol. The van der Waals surface area contributed by atoms with Crippen LogP contribution in [0.2, 0.25) is 5.02 Å². The molecule has 0 unspecified atom stereocenters. The van der Waals surface area contributed by atoms with E-state index < -0.39 is 0 Å². The van der Waals surface area contributed by atoms with E-state index in [2.05, 4.69) is 0 Å². The monoisotopic (exact) mass is 330 g/mol. The van der Waals surface area contributed by atoms with Crippen LogP contribution in [0.1, 0.15) is 22.3 Å². The Kier molecular flexibility index (Phi) is 4.84. The summed E-state index contributed by atoms with van der Waals surface area (Å²) in [6, 6.07) is 14.9. The van der Waals surface area contributed by atoms with Crippen LogP contribution in [0.3, 0.4) is 0 Å². The van der Waals surface area contributed by atoms with E-state index in [1.807, 2.05) is 36.4 Å². The highest BCUT2D eigenvalue weighted by Gasteiger charge is 2.24. The van der Waals surface area contributed by atoms with Gasteiger partial charge >= 0.3 is 0 Å². The molecule has 0 aromatic heterocycles. The van der Waals surface area contributed by atoms with Gasteiger partial charge in [-0.25, -0.2) is 0 Å². The molecule has 0 bridgehead atoms. The molecule has 3 rings (SSSR count). The van der Waals surface area contributed by atoms with Crippen molar-refractivity contribution in [2.24, 2.45) is 5.73 Å². The van der Waals surface area contributed by atoms with Crippen molar-refractivity contribution in [1.29, 1.82) is 0 Å². The number of carbonyl (C=O) groups excluding carboxylic acids is 1. The van der Waals surface area contributed by atoms with Gasteiger partial charge < -0.3 is 15.4 Å². The minimum Gasteiger partial charge on any atom is -0.489 e. The molecule has 0 radical (unpaired) electrons. The van der Waals surface area contributed by atoms with Crippen LogP contribution < -0.4 is 10.5 Å². The summed E-state index contributed by atoms with van der Waals surface area (Å²) in [7, 11) is 0. The number of halogens is 1. The molecule has 0 saturated carbocycles. The van der Waals surface area contributed by atoms with Crippen molar-refractivity contribution < 1.29 is 9.53 Å². The van der Waals surface area contributed by atoms with E-state index in [9.17, 15) is 4.79 Å². The number of hydrogen-bond donors (Lipinski definition) is 1. The highest BCUT2D eigenvalue weighted by Crippen LogP contribution is 2.19. The SMILES string of the molecule is N[C@@H]1CCN(C(=O)c2cccc(OCc3cccc(Cl)c3)c2)C1. The minimum absolute atomic E-state index is 0.00570. The Morgan fingerprint density at radius 1 is 1.26 bits per heavy atom. The lowest BCUT2D eigenvalue weighted by molar-refractivity contribution is 0.0790. The van der Waals surface area contributed by atoms with Crippen LogP contribution in [0.25, 0.3) is 0 Å². The highest BCUT2D eigenvalue weighted by atomic mass is 35.5. The van der Waals surface area contributed by atoms with Crippen LogP contribution in [0.4, 0.5) is 0 Å². The molecule has 1 amide bonds. The van der Waals surface area contributed by atoms with E-state index in [0.717, 1.165) is 12.0 Å². The summed E-state index contributed by atoms with van der Waals surface area (Å²) in [6.07, 6.45) is 0.858. The van der Waals surface area contributed by atoms with Gasteiger partial charge in [0.15, 0.2) is 0 Å². The Hall–Kier alpha value is -2.04. The number of amides is 1. The smallest absolute Gasteiger partial charge is 0.254 e. The fourth-order valence-corrected chi connectivity index (χ4v) is 2.88. The van der Waals surface area contributed by atoms with Gasteiger partial charge in [-0.3, -0.25) is 4.79 Å². The molecular formula is C18H19ClN2O2. The molecule has 2 aromatic carbocycles. The van der Waals surface area contributed by atoms with E-state index in [-0.39, 0.29) is 11.9 Å². The molecule has 120 valence electrons. The Labute approximate surface area is 140 Å². The first kappa shape index (κ1) is 15.8. The second-order valence-electron chi connectivity index (χ2n) is 5.75. The summed E-state index contributed by atoms with van der Waals surface area (Å²) >= 11 is 5.96. The van der Waals surface area contributed by atoms with Crippen LogP contribution in [0, 0.1) is 0 Å². The quantitative estimate of drug-likeness (QED) is 0.937. The van der Waals surface area contributed by atoms with Gasteiger partial charge in [0.25, 0.3) is 5.91 Å². The van der Waals surface area contributed by atoms with Crippen LogP contribution >= 0.6 is 11.6 Å². The van der Waals surface area contributed by atoms with Gasteiger partial charge in [0, 0.05) is 29.7 Å². The van der Waals surface area contributed by atoms with Crippen molar-refractivity contribution in [2.75, 3.05) is 13.1 Å². The highest BCUT2D eigenvalue weighted by molar-refractivity contribution is 6.30. The lowest BCUT2D eigenvalue weighted by atomic mass is 10.2. The maximum absolute atomic E-state index is 12.5. The average Bonchev–Trinajstić information content (AvgIpc) is 2.99. The van der Waals surface area contributed by atoms with Crippen LogP contribution in [-0.4, -0.2) is 29.9 Å². The van der Waals surface area contributed by atoms with Gasteiger partial charge in [-0.05, 0) is 42.3 Å². The van der Waals surface area contributed by atoms with Gasteiger partial charge in [-0.15, -0.1) is 0 Å². The van der Waals surface area contributed by atoms with Crippen molar-refractivity contribution in [1.82, 2.24) is 4.90 Å². The number of ether oxygens (including phenoxy) is 1. The third kappa shape index (κ3) is 4.03. The molecule has 1 heterocycles. The summed E-state index contributed by atoms with van der Waals surface area (Å²) < 4.78 is 5.77. The Balaban J connectivity index is 1.66. The zero-order valence-corrected chi connectivity index (χ0v) is 13.5. The van der Waals surface area contributed by atoms with E-state index in [1.54, 1.807) is 17.0 Å². The standard InChI is InChI=1S/C18H19ClN2O2/c19-15-5-1-3-13(9-15)12-23-17-6-2-4-14(10-17)18(22)21-8-7-16(20)11-21/h1-6,9-10,16H,7-8,11-12,20H2/t16-/m1/s1. The molecule has 0 aliphatic carbocycles. The van der Waals surface area contributed by atoms with E-state index in [1.165, 1.54) is 0 Å². The third-order valence-electron chi connectivity index (χ3n) is 3.89. The molecule has 5 heteroatoms. The van der Waals surface area contributed by atoms with Crippen molar-refractivity contribution in [3.8, 4) is 5.75 Å². The average molecular weight is 331 g/mol. The first-order valence-electron chi connectivity index (χ1n) is 7.64. The lowest BCUT2D eigenvalue weighted by Crippen LogP contribution is -2.31. The summed E-state index contributed by atoms with van der Waals surface area (Å²) in [5.74, 6) is 0.672. The van der Waals surface area contributed by atoms with Gasteiger partial charge in [0.2, 0.25) is 0 Å². The maximum atomic E-state index is 12.5. The predicted octanol–water partition coefficient (Wildman–Crippen LogP) is 3.09. The fourth-order valence-electron chi connectivity index (χ4n) is 2.67. The summed E-state index contributed by atoms with van der Waals surface area (Å²) in [5.41, 5.74) is 7.48. The third-order valence-corrected chi connectivity index (χ3v) is 4.12. The fraction of sp³-hybridized carbons (Fsp3) is 0.278. The number of likely N-dealkylation sites (tertiary alicyclic amines) is 1. The Morgan fingerprint density at radius 3 is 2.83 bits per heavy atom. The summed E-state index contributed by atoms with van der Waals surface area (Å²) in [5, 5.41) is 0.681. The zero-order valence-electron chi connectivity index (χ0n) is 12.7. The van der Waals surface area contributed by atoms with E-state index in [0.29, 0.717) is 36.0 Å². The molecule has 4 nitrogen and oxygen atoms in total. The van der Waals surface area contributed by atoms with Gasteiger partial charge in [-0.1, -0.05) is 29.8 Å². The number of nitrogens with zero attached hydrogens (tertiary/aromatic N) is 1. The van der Waals surface area contributed by atoms with Crippen LogP contribution in [0.5, 0.6) is 5.75 Å². The van der Waals surface area contributed by atoms with E-state index in [4.69, 9.17) is 22.1 Å². The largest absolute Gasteiger partial charge is 0.489 e. The summed E-state index contributed by atoms with van der Waals surface area (Å²) in [6.45, 7) is 1.74. The first-order chi connectivity index (χ1) is 11.1. The normalized spacial score (nSPS) is 17.3. The molecule has 1 atom stereocenters. The van der Waals surface area contributed by atoms with Crippen LogP contribution in [-0.2, 0) is 6.61 Å². The Bertz CT molecular complexity index is 705. The van der Waals surface area contributed by atoms with Crippen LogP contribution in [0.15, 0.2) is 48.5 Å². The molecule has 1 fully saturated rings. The van der Waals surface area contributed by atoms with Crippen molar-refractivity contribution in [3.63, 3.8) is 0 Å². The number of nitrogens with two attached hydrogens (primary N) is 1. The van der Waals surface area contributed by atoms with Crippen molar-refractivity contribution in [2.45, 2.75) is 19.1 Å². The number of hydrogen-bond acceptors (Lipinski definition) is 3. The molecule has 1 aliphatic rings.